The molecule has 2 atom stereocenters. The van der Waals surface area contributed by atoms with Crippen LogP contribution in [0, 0.1) is 5.92 Å². The smallest absolute Gasteiger partial charge is 0.234 e. The normalized spacial score (nSPS) is 27.1. The average molecular weight is 228 g/mol. The molecule has 1 heterocycles. The number of nitrogens with one attached hydrogen (secondary N) is 1. The van der Waals surface area contributed by atoms with Crippen molar-refractivity contribution >= 4 is 5.91 Å². The van der Waals surface area contributed by atoms with Gasteiger partial charge >= 0.3 is 0 Å². The first-order valence-electron chi connectivity index (χ1n) is 6.22. The van der Waals surface area contributed by atoms with E-state index in [0.717, 1.165) is 25.9 Å². The summed E-state index contributed by atoms with van der Waals surface area (Å²) in [5.74, 6) is 0.404. The Morgan fingerprint density at radius 1 is 1.56 bits per heavy atom. The molecule has 1 saturated heterocycles. The van der Waals surface area contributed by atoms with Crippen LogP contribution in [-0.4, -0.2) is 47.7 Å². The Kier molecular flexibility index (Phi) is 5.22. The second-order valence-electron chi connectivity index (χ2n) is 4.98. The highest BCUT2D eigenvalue weighted by atomic mass is 16.3. The molecule has 1 fully saturated rings. The minimum absolute atomic E-state index is 0.0845. The lowest BCUT2D eigenvalue weighted by atomic mass is 9.92. The Balaban J connectivity index is 2.35. The monoisotopic (exact) mass is 228 g/mol. The van der Waals surface area contributed by atoms with E-state index in [4.69, 9.17) is 0 Å². The molecule has 0 aromatic heterocycles. The van der Waals surface area contributed by atoms with Gasteiger partial charge in [0, 0.05) is 19.1 Å². The van der Waals surface area contributed by atoms with Gasteiger partial charge in [-0.15, -0.1) is 0 Å². The van der Waals surface area contributed by atoms with Gasteiger partial charge in [0.25, 0.3) is 0 Å². The third kappa shape index (κ3) is 4.10. The summed E-state index contributed by atoms with van der Waals surface area (Å²) in [6.45, 7) is 8.14. The molecule has 1 aliphatic heterocycles. The van der Waals surface area contributed by atoms with Crippen LogP contribution in [0.1, 0.15) is 33.6 Å². The fourth-order valence-electron chi connectivity index (χ4n) is 2.21. The number of piperidine rings is 1. The van der Waals surface area contributed by atoms with Crippen LogP contribution in [0.3, 0.4) is 0 Å². The third-order valence-electron chi connectivity index (χ3n) is 3.12. The van der Waals surface area contributed by atoms with Crippen LogP contribution >= 0.6 is 0 Å². The zero-order valence-corrected chi connectivity index (χ0v) is 10.6. The molecule has 16 heavy (non-hydrogen) atoms. The number of aliphatic hydroxyl groups excluding tert-OH is 1. The second kappa shape index (κ2) is 6.21. The molecule has 0 aliphatic carbocycles. The zero-order chi connectivity index (χ0) is 12.1. The zero-order valence-electron chi connectivity index (χ0n) is 10.6. The van der Waals surface area contributed by atoms with Crippen LogP contribution in [-0.2, 0) is 4.79 Å². The summed E-state index contributed by atoms with van der Waals surface area (Å²) in [6.07, 6.45) is 1.58. The number of rotatable bonds is 4. The van der Waals surface area contributed by atoms with E-state index in [1.807, 2.05) is 13.8 Å². The highest BCUT2D eigenvalue weighted by Crippen LogP contribution is 2.19. The van der Waals surface area contributed by atoms with E-state index in [1.54, 1.807) is 0 Å². The Morgan fingerprint density at radius 3 is 2.81 bits per heavy atom. The van der Waals surface area contributed by atoms with E-state index in [-0.39, 0.29) is 18.1 Å². The molecular formula is C12H24N2O2. The van der Waals surface area contributed by atoms with Crippen molar-refractivity contribution in [1.29, 1.82) is 0 Å². The largest absolute Gasteiger partial charge is 0.393 e. The quantitative estimate of drug-likeness (QED) is 0.741. The van der Waals surface area contributed by atoms with Gasteiger partial charge in [-0.05, 0) is 32.6 Å². The topological polar surface area (TPSA) is 52.6 Å². The highest BCUT2D eigenvalue weighted by molar-refractivity contribution is 5.78. The van der Waals surface area contributed by atoms with Crippen LogP contribution in [0.15, 0.2) is 0 Å². The molecule has 2 N–H and O–H groups in total. The number of likely N-dealkylation sites (tertiary alicyclic amines) is 1. The Morgan fingerprint density at radius 2 is 2.25 bits per heavy atom. The van der Waals surface area contributed by atoms with Crippen LogP contribution in [0.4, 0.5) is 0 Å². The van der Waals surface area contributed by atoms with Crippen LogP contribution in [0.25, 0.3) is 0 Å². The third-order valence-corrected chi connectivity index (χ3v) is 3.12. The first-order valence-corrected chi connectivity index (χ1v) is 6.22. The highest BCUT2D eigenvalue weighted by Gasteiger charge is 2.27. The summed E-state index contributed by atoms with van der Waals surface area (Å²) in [5.41, 5.74) is 0. The SMILES string of the molecule is CCC1CN(CC(=O)NC(C)C)CCC1O. The number of carbonyl (C=O) groups excluding carboxylic acids is 1. The predicted octanol–water partition coefficient (Wildman–Crippen LogP) is 0.604. The molecule has 1 amide bonds. The summed E-state index contributed by atoms with van der Waals surface area (Å²) < 4.78 is 0. The van der Waals surface area contributed by atoms with Crippen molar-refractivity contribution in [1.82, 2.24) is 10.2 Å². The van der Waals surface area contributed by atoms with E-state index in [0.29, 0.717) is 12.5 Å². The number of aliphatic hydroxyl groups is 1. The molecule has 4 nitrogen and oxygen atoms in total. The van der Waals surface area contributed by atoms with Gasteiger partial charge in [-0.1, -0.05) is 6.92 Å². The standard InChI is InChI=1S/C12H24N2O2/c1-4-10-7-14(6-5-11(10)15)8-12(16)13-9(2)3/h9-11,15H,4-8H2,1-3H3,(H,13,16). The molecule has 0 radical (unpaired) electrons. The van der Waals surface area contributed by atoms with Crippen molar-refractivity contribution in [2.24, 2.45) is 5.92 Å². The van der Waals surface area contributed by atoms with Crippen LogP contribution in [0.2, 0.25) is 0 Å². The fourth-order valence-corrected chi connectivity index (χ4v) is 2.21. The minimum atomic E-state index is -0.186. The van der Waals surface area contributed by atoms with Crippen LogP contribution in [0.5, 0.6) is 0 Å². The molecule has 4 heteroatoms. The first-order chi connectivity index (χ1) is 7.52. The molecule has 0 spiro atoms. The van der Waals surface area contributed by atoms with Crippen molar-refractivity contribution in [2.75, 3.05) is 19.6 Å². The van der Waals surface area contributed by atoms with Gasteiger partial charge in [0.1, 0.15) is 0 Å². The Hall–Kier alpha value is -0.610. The van der Waals surface area contributed by atoms with E-state index >= 15 is 0 Å². The molecular weight excluding hydrogens is 204 g/mol. The number of hydrogen-bond acceptors (Lipinski definition) is 3. The van der Waals surface area contributed by atoms with Crippen molar-refractivity contribution in [3.8, 4) is 0 Å². The summed E-state index contributed by atoms with van der Waals surface area (Å²) in [7, 11) is 0. The molecule has 1 rings (SSSR count). The molecule has 1 aliphatic rings. The maximum Gasteiger partial charge on any atom is 0.234 e. The molecule has 0 aromatic rings. The number of amides is 1. The van der Waals surface area contributed by atoms with E-state index in [2.05, 4.69) is 17.1 Å². The predicted molar refractivity (Wildman–Crippen MR) is 64.1 cm³/mol. The molecule has 0 aromatic carbocycles. The summed E-state index contributed by atoms with van der Waals surface area (Å²) in [4.78, 5) is 13.7. The number of hydrogen-bond donors (Lipinski definition) is 2. The molecule has 94 valence electrons. The average Bonchev–Trinajstić information content (AvgIpc) is 2.19. The van der Waals surface area contributed by atoms with Gasteiger partial charge in [-0.3, -0.25) is 9.69 Å². The summed E-state index contributed by atoms with van der Waals surface area (Å²) >= 11 is 0. The lowest BCUT2D eigenvalue weighted by molar-refractivity contribution is -0.123. The van der Waals surface area contributed by atoms with Crippen LogP contribution < -0.4 is 5.32 Å². The lowest BCUT2D eigenvalue weighted by Crippen LogP contribution is -2.47. The molecule has 0 saturated carbocycles. The number of nitrogens with zero attached hydrogens (tertiary/aromatic N) is 1. The van der Waals surface area contributed by atoms with Gasteiger partial charge in [0.15, 0.2) is 0 Å². The lowest BCUT2D eigenvalue weighted by Gasteiger charge is -2.35. The van der Waals surface area contributed by atoms with Gasteiger partial charge in [0.05, 0.1) is 12.6 Å². The molecule has 2 unspecified atom stereocenters. The van der Waals surface area contributed by atoms with Crippen molar-refractivity contribution in [3.05, 3.63) is 0 Å². The maximum atomic E-state index is 11.6. The van der Waals surface area contributed by atoms with Gasteiger partial charge in [-0.2, -0.15) is 0 Å². The fraction of sp³-hybridized carbons (Fsp3) is 0.917. The van der Waals surface area contributed by atoms with E-state index < -0.39 is 0 Å². The Labute approximate surface area is 98.0 Å². The van der Waals surface area contributed by atoms with E-state index in [1.165, 1.54) is 0 Å². The Bertz CT molecular complexity index is 231. The maximum absolute atomic E-state index is 11.6. The van der Waals surface area contributed by atoms with Crippen molar-refractivity contribution < 1.29 is 9.90 Å². The van der Waals surface area contributed by atoms with Crippen molar-refractivity contribution in [2.45, 2.75) is 45.8 Å². The molecule has 0 bridgehead atoms. The first kappa shape index (κ1) is 13.5. The minimum Gasteiger partial charge on any atom is -0.393 e. The second-order valence-corrected chi connectivity index (χ2v) is 4.98. The van der Waals surface area contributed by atoms with Gasteiger partial charge in [0.2, 0.25) is 5.91 Å². The van der Waals surface area contributed by atoms with E-state index in [9.17, 15) is 9.90 Å². The number of carbonyl (C=O) groups is 1. The summed E-state index contributed by atoms with van der Waals surface area (Å²) in [5, 5.41) is 12.6. The van der Waals surface area contributed by atoms with Crippen molar-refractivity contribution in [3.63, 3.8) is 0 Å². The summed E-state index contributed by atoms with van der Waals surface area (Å²) in [6, 6.07) is 0.199. The van der Waals surface area contributed by atoms with Gasteiger partial charge < -0.3 is 10.4 Å². The van der Waals surface area contributed by atoms with Gasteiger partial charge in [-0.25, -0.2) is 0 Å².